The van der Waals surface area contributed by atoms with E-state index in [1.165, 1.54) is 12.1 Å². The number of methoxy groups -OCH3 is 1. The molecule has 1 N–H and O–H groups in total. The molecule has 0 bridgehead atoms. The Bertz CT molecular complexity index is 984. The highest BCUT2D eigenvalue weighted by molar-refractivity contribution is 5.93. The molecule has 0 aliphatic carbocycles. The average molecular weight is 380 g/mol. The first kappa shape index (κ1) is 18.0. The maximum atomic E-state index is 13.2. The van der Waals surface area contributed by atoms with E-state index < -0.39 is 0 Å². The third-order valence-corrected chi connectivity index (χ3v) is 4.87. The Morgan fingerprint density at radius 2 is 2.00 bits per heavy atom. The molecule has 3 aromatic rings. The van der Waals surface area contributed by atoms with E-state index >= 15 is 0 Å². The Hall–Kier alpha value is -3.35. The third-order valence-electron chi connectivity index (χ3n) is 4.87. The van der Waals surface area contributed by atoms with Crippen LogP contribution >= 0.6 is 0 Å². The highest BCUT2D eigenvalue weighted by Crippen LogP contribution is 2.29. The summed E-state index contributed by atoms with van der Waals surface area (Å²) in [5, 5.41) is 7.39. The van der Waals surface area contributed by atoms with Gasteiger partial charge in [0.25, 0.3) is 0 Å². The number of aromatic nitrogens is 2. The van der Waals surface area contributed by atoms with Crippen molar-refractivity contribution in [2.75, 3.05) is 18.6 Å². The van der Waals surface area contributed by atoms with E-state index in [4.69, 9.17) is 4.74 Å². The number of nitrogens with one attached hydrogen (secondary N) is 1. The fourth-order valence-corrected chi connectivity index (χ4v) is 3.48. The highest BCUT2D eigenvalue weighted by Gasteiger charge is 2.26. The molecule has 1 aliphatic rings. The Morgan fingerprint density at radius 1 is 1.21 bits per heavy atom. The van der Waals surface area contributed by atoms with E-state index in [1.807, 2.05) is 24.3 Å². The van der Waals surface area contributed by atoms with Crippen molar-refractivity contribution in [2.24, 2.45) is 0 Å². The predicted molar refractivity (Wildman–Crippen MR) is 104 cm³/mol. The van der Waals surface area contributed by atoms with Gasteiger partial charge in [-0.05, 0) is 43.2 Å². The van der Waals surface area contributed by atoms with Crippen LogP contribution in [0.15, 0.2) is 54.7 Å². The van der Waals surface area contributed by atoms with Crippen molar-refractivity contribution in [3.05, 3.63) is 71.8 Å². The summed E-state index contributed by atoms with van der Waals surface area (Å²) in [5.74, 6) is 0.452. The van der Waals surface area contributed by atoms with Crippen LogP contribution in [0, 0.1) is 5.82 Å². The molecule has 144 valence electrons. The lowest BCUT2D eigenvalue weighted by Crippen LogP contribution is -2.42. The van der Waals surface area contributed by atoms with Crippen LogP contribution in [0.25, 0.3) is 5.69 Å². The van der Waals surface area contributed by atoms with Gasteiger partial charge in [0.05, 0.1) is 30.4 Å². The van der Waals surface area contributed by atoms with Gasteiger partial charge in [-0.25, -0.2) is 13.9 Å². The van der Waals surface area contributed by atoms with Crippen LogP contribution in [0.1, 0.15) is 17.7 Å². The normalized spacial score (nSPS) is 13.1. The van der Waals surface area contributed by atoms with Gasteiger partial charge in [0.15, 0.2) is 0 Å². The molecule has 2 heterocycles. The number of halogens is 1. The molecule has 4 rings (SSSR count). The summed E-state index contributed by atoms with van der Waals surface area (Å²) < 4.78 is 20.3. The Morgan fingerprint density at radius 3 is 2.79 bits per heavy atom. The lowest BCUT2D eigenvalue weighted by molar-refractivity contribution is 0.245. The standard InChI is InChI=1S/C21H21FN4O2/c1-28-20-7-3-2-5-15(20)13-23-21(27)25-12-4-6-18-19(25)14-24-26(18)17-10-8-16(22)9-11-17/h2-3,5,7-11,14H,4,6,12-13H2,1H3,(H,23,27). The number of carbonyl (C=O) groups excluding carboxylic acids is 1. The Balaban J connectivity index is 1.53. The number of anilines is 1. The fraction of sp³-hybridized carbons (Fsp3) is 0.238. The van der Waals surface area contributed by atoms with Gasteiger partial charge in [0.2, 0.25) is 0 Å². The van der Waals surface area contributed by atoms with E-state index in [0.717, 1.165) is 41.2 Å². The van der Waals surface area contributed by atoms with Gasteiger partial charge in [-0.15, -0.1) is 0 Å². The predicted octanol–water partition coefficient (Wildman–Crippen LogP) is 3.68. The van der Waals surface area contributed by atoms with Crippen LogP contribution in [0.3, 0.4) is 0 Å². The molecule has 28 heavy (non-hydrogen) atoms. The first-order valence-electron chi connectivity index (χ1n) is 9.17. The zero-order valence-electron chi connectivity index (χ0n) is 15.6. The minimum absolute atomic E-state index is 0.175. The van der Waals surface area contributed by atoms with Crippen molar-refractivity contribution in [1.82, 2.24) is 15.1 Å². The number of benzene rings is 2. The second kappa shape index (κ2) is 7.72. The molecule has 0 saturated carbocycles. The second-order valence-electron chi connectivity index (χ2n) is 6.59. The molecule has 6 nitrogen and oxygen atoms in total. The molecule has 0 radical (unpaired) electrons. The van der Waals surface area contributed by atoms with Gasteiger partial charge in [-0.2, -0.15) is 5.10 Å². The van der Waals surface area contributed by atoms with E-state index in [9.17, 15) is 9.18 Å². The quantitative estimate of drug-likeness (QED) is 0.751. The molecule has 2 amide bonds. The maximum absolute atomic E-state index is 13.2. The zero-order valence-corrected chi connectivity index (χ0v) is 15.6. The van der Waals surface area contributed by atoms with E-state index in [2.05, 4.69) is 10.4 Å². The topological polar surface area (TPSA) is 59.4 Å². The Labute approximate surface area is 162 Å². The number of carbonyl (C=O) groups is 1. The minimum Gasteiger partial charge on any atom is -0.496 e. The van der Waals surface area contributed by atoms with Gasteiger partial charge < -0.3 is 10.1 Å². The van der Waals surface area contributed by atoms with Crippen LogP contribution in [0.4, 0.5) is 14.9 Å². The maximum Gasteiger partial charge on any atom is 0.322 e. The summed E-state index contributed by atoms with van der Waals surface area (Å²) in [7, 11) is 1.61. The third kappa shape index (κ3) is 3.43. The fourth-order valence-electron chi connectivity index (χ4n) is 3.48. The van der Waals surface area contributed by atoms with E-state index in [1.54, 1.807) is 35.0 Å². The number of hydrogen-bond donors (Lipinski definition) is 1. The molecule has 1 aromatic heterocycles. The van der Waals surface area contributed by atoms with Gasteiger partial charge in [0.1, 0.15) is 11.6 Å². The zero-order chi connectivity index (χ0) is 19.5. The largest absolute Gasteiger partial charge is 0.496 e. The lowest BCUT2D eigenvalue weighted by Gasteiger charge is -2.27. The number of rotatable bonds is 4. The summed E-state index contributed by atoms with van der Waals surface area (Å²) in [6.07, 6.45) is 3.34. The van der Waals surface area contributed by atoms with Crippen LogP contribution in [-0.4, -0.2) is 29.5 Å². The molecule has 0 unspecified atom stereocenters. The van der Waals surface area contributed by atoms with E-state index in [-0.39, 0.29) is 11.8 Å². The molecule has 0 atom stereocenters. The van der Waals surface area contributed by atoms with Gasteiger partial charge in [0, 0.05) is 18.7 Å². The van der Waals surface area contributed by atoms with Crippen LogP contribution in [-0.2, 0) is 13.0 Å². The van der Waals surface area contributed by atoms with Gasteiger partial charge in [-0.3, -0.25) is 4.90 Å². The van der Waals surface area contributed by atoms with Gasteiger partial charge in [-0.1, -0.05) is 18.2 Å². The molecule has 0 saturated heterocycles. The number of fused-ring (bicyclic) bond motifs is 1. The number of urea groups is 1. The summed E-state index contributed by atoms with van der Waals surface area (Å²) in [6, 6.07) is 13.6. The number of para-hydroxylation sites is 1. The number of nitrogens with zero attached hydrogens (tertiary/aromatic N) is 3. The van der Waals surface area contributed by atoms with Crippen LogP contribution in [0.5, 0.6) is 5.75 Å². The molecular weight excluding hydrogens is 359 g/mol. The highest BCUT2D eigenvalue weighted by atomic mass is 19.1. The van der Waals surface area contributed by atoms with Crippen molar-refractivity contribution in [3.8, 4) is 11.4 Å². The molecular formula is C21H21FN4O2. The van der Waals surface area contributed by atoms with Crippen molar-refractivity contribution in [2.45, 2.75) is 19.4 Å². The Kier molecular flexibility index (Phi) is 4.97. The van der Waals surface area contributed by atoms with Crippen LogP contribution < -0.4 is 15.0 Å². The summed E-state index contributed by atoms with van der Waals surface area (Å²) in [4.78, 5) is 14.5. The number of hydrogen-bond acceptors (Lipinski definition) is 3. The SMILES string of the molecule is COc1ccccc1CNC(=O)N1CCCc2c1cnn2-c1ccc(F)cc1. The number of amides is 2. The average Bonchev–Trinajstić information content (AvgIpc) is 3.17. The monoisotopic (exact) mass is 380 g/mol. The molecule has 2 aromatic carbocycles. The number of ether oxygens (including phenoxy) is 1. The minimum atomic E-state index is -0.290. The van der Waals surface area contributed by atoms with Gasteiger partial charge >= 0.3 is 6.03 Å². The lowest BCUT2D eigenvalue weighted by atomic mass is 10.1. The van der Waals surface area contributed by atoms with Crippen LogP contribution in [0.2, 0.25) is 0 Å². The molecule has 1 aliphatic heterocycles. The second-order valence-corrected chi connectivity index (χ2v) is 6.59. The smallest absolute Gasteiger partial charge is 0.322 e. The molecule has 0 fully saturated rings. The molecule has 7 heteroatoms. The van der Waals surface area contributed by atoms with Crippen molar-refractivity contribution < 1.29 is 13.9 Å². The first-order valence-corrected chi connectivity index (χ1v) is 9.17. The summed E-state index contributed by atoms with van der Waals surface area (Å²) >= 11 is 0. The first-order chi connectivity index (χ1) is 13.7. The van der Waals surface area contributed by atoms with E-state index in [0.29, 0.717) is 13.1 Å². The van der Waals surface area contributed by atoms with Crippen molar-refractivity contribution >= 4 is 11.7 Å². The van der Waals surface area contributed by atoms with Crippen molar-refractivity contribution in [3.63, 3.8) is 0 Å². The summed E-state index contributed by atoms with van der Waals surface area (Å²) in [5.41, 5.74) is 3.43. The summed E-state index contributed by atoms with van der Waals surface area (Å²) in [6.45, 7) is 1.00. The van der Waals surface area contributed by atoms with Crippen molar-refractivity contribution in [1.29, 1.82) is 0 Å². The molecule has 0 spiro atoms.